The molecule has 0 saturated carbocycles. The van der Waals surface area contributed by atoms with Gasteiger partial charge in [0.1, 0.15) is 6.17 Å². The van der Waals surface area contributed by atoms with E-state index in [4.69, 9.17) is 0 Å². The number of aliphatic imine (C=N–C) groups is 1. The largest absolute Gasteiger partial charge is 0.333 e. The van der Waals surface area contributed by atoms with Crippen molar-refractivity contribution in [1.29, 1.82) is 0 Å². The average Bonchev–Trinajstić information content (AvgIpc) is 2.90. The zero-order valence-corrected chi connectivity index (χ0v) is 13.8. The first-order chi connectivity index (χ1) is 11.5. The van der Waals surface area contributed by atoms with Gasteiger partial charge in [-0.25, -0.2) is 9.79 Å². The minimum atomic E-state index is -0.517. The molecule has 1 aromatic carbocycles. The molecule has 2 aliphatic rings. The third-order valence-corrected chi connectivity index (χ3v) is 4.23. The van der Waals surface area contributed by atoms with Crippen molar-refractivity contribution in [2.75, 3.05) is 13.6 Å². The molecule has 24 heavy (non-hydrogen) atoms. The minimum Gasteiger partial charge on any atom is -0.333 e. The van der Waals surface area contributed by atoms with Crippen LogP contribution in [-0.4, -0.2) is 53.5 Å². The van der Waals surface area contributed by atoms with Gasteiger partial charge in [-0.3, -0.25) is 10.1 Å². The van der Waals surface area contributed by atoms with Gasteiger partial charge in [0.15, 0.2) is 12.0 Å². The van der Waals surface area contributed by atoms with Crippen LogP contribution in [0.1, 0.15) is 11.1 Å². The number of hydrogen-bond acceptors (Lipinski definition) is 3. The summed E-state index contributed by atoms with van der Waals surface area (Å²) in [4.78, 5) is 32.1. The highest BCUT2D eigenvalue weighted by atomic mass is 16.2. The van der Waals surface area contributed by atoms with Crippen LogP contribution in [0.2, 0.25) is 0 Å². The molecular formula is C17H21N5O2. The molecule has 0 aliphatic carbocycles. The molecule has 7 nitrogen and oxygen atoms in total. The van der Waals surface area contributed by atoms with Crippen molar-refractivity contribution in [3.05, 3.63) is 48.0 Å². The highest BCUT2D eigenvalue weighted by Gasteiger charge is 2.49. The number of nitrogens with one attached hydrogen (secondary N) is 2. The number of carbonyl (C=O) groups excluding carboxylic acids is 2. The lowest BCUT2D eigenvalue weighted by molar-refractivity contribution is -0.127. The number of urea groups is 1. The summed E-state index contributed by atoms with van der Waals surface area (Å²) in [6.07, 6.45) is 1.26. The van der Waals surface area contributed by atoms with Crippen LogP contribution in [0.3, 0.4) is 0 Å². The van der Waals surface area contributed by atoms with Gasteiger partial charge in [-0.2, -0.15) is 0 Å². The standard InChI is InChI=1S/C17H21N5O2/c1-4-8-18-16-19-14-13(15(23)20-17(24)21(14)3)22(16)10-12-7-5-6-11(2)9-12/h4-7,9,13-14H,1,8,10H2,2-3H3,(H,18,19)(H,20,23,24). The number of aryl methyl sites for hydroxylation is 1. The molecule has 3 rings (SSSR count). The van der Waals surface area contributed by atoms with Gasteiger partial charge >= 0.3 is 6.03 Å². The van der Waals surface area contributed by atoms with E-state index in [0.717, 1.165) is 11.1 Å². The Morgan fingerprint density at radius 3 is 2.88 bits per heavy atom. The van der Waals surface area contributed by atoms with Gasteiger partial charge in [-0.15, -0.1) is 6.58 Å². The Kier molecular flexibility index (Phi) is 4.24. The van der Waals surface area contributed by atoms with Crippen molar-refractivity contribution in [1.82, 2.24) is 20.4 Å². The molecule has 1 aromatic rings. The Labute approximate surface area is 141 Å². The maximum atomic E-state index is 12.4. The van der Waals surface area contributed by atoms with E-state index in [-0.39, 0.29) is 5.91 Å². The number of amides is 3. The number of likely N-dealkylation sites (N-methyl/N-ethyl adjacent to an activating group) is 1. The third-order valence-electron chi connectivity index (χ3n) is 4.23. The second-order valence-corrected chi connectivity index (χ2v) is 6.01. The zero-order chi connectivity index (χ0) is 17.3. The Morgan fingerprint density at radius 2 is 2.17 bits per heavy atom. The van der Waals surface area contributed by atoms with E-state index in [0.29, 0.717) is 19.0 Å². The lowest BCUT2D eigenvalue weighted by Gasteiger charge is -2.35. The van der Waals surface area contributed by atoms with E-state index in [1.807, 2.05) is 30.0 Å². The number of guanidine groups is 1. The normalized spacial score (nSPS) is 24.7. The number of fused-ring (bicyclic) bond motifs is 1. The summed E-state index contributed by atoms with van der Waals surface area (Å²) >= 11 is 0. The lowest BCUT2D eigenvalue weighted by Crippen LogP contribution is -2.64. The maximum absolute atomic E-state index is 12.4. The Morgan fingerprint density at radius 1 is 1.38 bits per heavy atom. The van der Waals surface area contributed by atoms with Gasteiger partial charge in [0.25, 0.3) is 5.91 Å². The first-order valence-electron chi connectivity index (χ1n) is 7.83. The molecule has 2 heterocycles. The van der Waals surface area contributed by atoms with Crippen molar-refractivity contribution in [3.63, 3.8) is 0 Å². The number of imide groups is 1. The van der Waals surface area contributed by atoms with E-state index in [1.165, 1.54) is 4.90 Å². The second-order valence-electron chi connectivity index (χ2n) is 6.01. The monoisotopic (exact) mass is 327 g/mol. The van der Waals surface area contributed by atoms with Gasteiger partial charge in [0, 0.05) is 13.6 Å². The molecule has 0 aromatic heterocycles. The first-order valence-corrected chi connectivity index (χ1v) is 7.83. The van der Waals surface area contributed by atoms with Crippen molar-refractivity contribution >= 4 is 17.9 Å². The van der Waals surface area contributed by atoms with Gasteiger partial charge in [0.05, 0.1) is 6.54 Å². The van der Waals surface area contributed by atoms with Crippen molar-refractivity contribution in [3.8, 4) is 0 Å². The quantitative estimate of drug-likeness (QED) is 0.803. The maximum Gasteiger partial charge on any atom is 0.325 e. The minimum absolute atomic E-state index is 0.313. The molecule has 2 unspecified atom stereocenters. The van der Waals surface area contributed by atoms with Gasteiger partial charge in [-0.1, -0.05) is 35.9 Å². The van der Waals surface area contributed by atoms with E-state index in [9.17, 15) is 9.59 Å². The molecular weight excluding hydrogens is 306 g/mol. The molecule has 126 valence electrons. The van der Waals surface area contributed by atoms with E-state index < -0.39 is 18.2 Å². The highest BCUT2D eigenvalue weighted by molar-refractivity contribution is 6.04. The summed E-state index contributed by atoms with van der Waals surface area (Å²) in [5.41, 5.74) is 2.23. The van der Waals surface area contributed by atoms with Gasteiger partial charge in [-0.05, 0) is 12.5 Å². The van der Waals surface area contributed by atoms with E-state index >= 15 is 0 Å². The highest BCUT2D eigenvalue weighted by Crippen LogP contribution is 2.23. The van der Waals surface area contributed by atoms with Crippen LogP contribution in [0.25, 0.3) is 0 Å². The zero-order valence-electron chi connectivity index (χ0n) is 13.8. The summed E-state index contributed by atoms with van der Waals surface area (Å²) in [6, 6.07) is 7.19. The van der Waals surface area contributed by atoms with Crippen LogP contribution in [0.4, 0.5) is 4.79 Å². The van der Waals surface area contributed by atoms with Gasteiger partial charge in [0.2, 0.25) is 0 Å². The molecule has 2 aliphatic heterocycles. The summed E-state index contributed by atoms with van der Waals surface area (Å²) in [6.45, 7) is 6.67. The van der Waals surface area contributed by atoms with E-state index in [1.54, 1.807) is 13.1 Å². The number of rotatable bonds is 4. The Bertz CT molecular complexity index is 715. The molecule has 0 radical (unpaired) electrons. The molecule has 0 bridgehead atoms. The molecule has 7 heteroatoms. The van der Waals surface area contributed by atoms with Crippen LogP contribution in [0, 0.1) is 6.92 Å². The molecule has 2 N–H and O–H groups in total. The first kappa shape index (κ1) is 16.0. The van der Waals surface area contributed by atoms with Crippen LogP contribution in [0.15, 0.2) is 41.9 Å². The van der Waals surface area contributed by atoms with Crippen LogP contribution in [0.5, 0.6) is 0 Å². The van der Waals surface area contributed by atoms with Gasteiger partial charge < -0.3 is 15.1 Å². The summed E-state index contributed by atoms with van der Waals surface area (Å²) in [5.74, 6) is 0.287. The molecule has 2 fully saturated rings. The summed E-state index contributed by atoms with van der Waals surface area (Å²) < 4.78 is 0. The second kappa shape index (κ2) is 6.35. The van der Waals surface area contributed by atoms with Crippen molar-refractivity contribution in [2.24, 2.45) is 4.99 Å². The number of benzene rings is 1. The SMILES string of the molecule is C=CCN=C1NC2C(C(=O)NC(=O)N2C)N1Cc1cccc(C)c1. The summed E-state index contributed by atoms with van der Waals surface area (Å²) in [7, 11) is 1.66. The smallest absolute Gasteiger partial charge is 0.325 e. The fourth-order valence-electron chi connectivity index (χ4n) is 3.05. The summed E-state index contributed by atoms with van der Waals surface area (Å²) in [5, 5.41) is 5.59. The molecule has 2 saturated heterocycles. The number of hydrogen-bond donors (Lipinski definition) is 2. The van der Waals surface area contributed by atoms with Crippen molar-refractivity contribution in [2.45, 2.75) is 25.7 Å². The lowest BCUT2D eigenvalue weighted by atomic mass is 10.1. The fourth-order valence-corrected chi connectivity index (χ4v) is 3.05. The molecule has 0 spiro atoms. The topological polar surface area (TPSA) is 77.0 Å². The Hall–Kier alpha value is -2.83. The van der Waals surface area contributed by atoms with Crippen LogP contribution >= 0.6 is 0 Å². The molecule has 3 amide bonds. The Balaban J connectivity index is 1.94. The van der Waals surface area contributed by atoms with Crippen LogP contribution in [-0.2, 0) is 11.3 Å². The predicted molar refractivity (Wildman–Crippen MR) is 91.2 cm³/mol. The average molecular weight is 327 g/mol. The molecule has 2 atom stereocenters. The third kappa shape index (κ3) is 2.84. The number of carbonyl (C=O) groups is 2. The van der Waals surface area contributed by atoms with Crippen LogP contribution < -0.4 is 10.6 Å². The predicted octanol–water partition coefficient (Wildman–Crippen LogP) is 0.819. The van der Waals surface area contributed by atoms with Crippen molar-refractivity contribution < 1.29 is 9.59 Å². The number of nitrogens with zero attached hydrogens (tertiary/aromatic N) is 3. The fraction of sp³-hybridized carbons (Fsp3) is 0.353. The van der Waals surface area contributed by atoms with E-state index in [2.05, 4.69) is 28.3 Å².